The molecule has 42 heavy (non-hydrogen) atoms. The van der Waals surface area contributed by atoms with Crippen molar-refractivity contribution in [1.29, 1.82) is 0 Å². The van der Waals surface area contributed by atoms with Crippen LogP contribution in [0.3, 0.4) is 0 Å². The standard InChI is InChI=1S/C37H28N4O/c1-4-13-28(14-5-1)35-23-12-24-36(38-35)30-17-10-21-33(25-30)42-34-22-11-20-32(26-34)41-27-40(31-18-8-3-9-19-31)37(39-41)29-15-6-2-7-16-29/h1-26H,27H2. The van der Waals surface area contributed by atoms with Gasteiger partial charge in [0.2, 0.25) is 0 Å². The molecule has 1 aliphatic heterocycles. The lowest BCUT2D eigenvalue weighted by Crippen LogP contribution is -2.31. The number of hydrogen-bond donors (Lipinski definition) is 0. The van der Waals surface area contributed by atoms with Crippen LogP contribution in [0.2, 0.25) is 0 Å². The zero-order chi connectivity index (χ0) is 28.1. The lowest BCUT2D eigenvalue weighted by molar-refractivity contribution is 0.483. The van der Waals surface area contributed by atoms with E-state index in [9.17, 15) is 0 Å². The van der Waals surface area contributed by atoms with Gasteiger partial charge in [-0.15, -0.1) is 0 Å². The van der Waals surface area contributed by atoms with Gasteiger partial charge < -0.3 is 9.64 Å². The van der Waals surface area contributed by atoms with Gasteiger partial charge in [0.05, 0.1) is 17.1 Å². The zero-order valence-electron chi connectivity index (χ0n) is 22.9. The molecule has 1 aromatic heterocycles. The third-order valence-electron chi connectivity index (χ3n) is 7.15. The molecule has 0 N–H and O–H groups in total. The Morgan fingerprint density at radius 2 is 1.02 bits per heavy atom. The van der Waals surface area contributed by atoms with Crippen molar-refractivity contribution in [3.8, 4) is 34.0 Å². The summed E-state index contributed by atoms with van der Waals surface area (Å²) >= 11 is 0. The van der Waals surface area contributed by atoms with Crippen LogP contribution in [-0.4, -0.2) is 17.5 Å². The second kappa shape index (κ2) is 11.4. The molecule has 1 aliphatic rings. The van der Waals surface area contributed by atoms with Crippen molar-refractivity contribution in [3.63, 3.8) is 0 Å². The zero-order valence-corrected chi connectivity index (χ0v) is 22.9. The summed E-state index contributed by atoms with van der Waals surface area (Å²) in [6, 6.07) is 53.1. The quantitative estimate of drug-likeness (QED) is 0.201. The highest BCUT2D eigenvalue weighted by Crippen LogP contribution is 2.32. The summed E-state index contributed by atoms with van der Waals surface area (Å²) in [6.07, 6.45) is 0. The van der Waals surface area contributed by atoms with Gasteiger partial charge in [-0.25, -0.2) is 9.99 Å². The number of amidine groups is 1. The van der Waals surface area contributed by atoms with Crippen molar-refractivity contribution >= 4 is 17.2 Å². The first-order valence-corrected chi connectivity index (χ1v) is 14.0. The monoisotopic (exact) mass is 544 g/mol. The number of pyridine rings is 1. The molecule has 6 aromatic rings. The van der Waals surface area contributed by atoms with Gasteiger partial charge in [0, 0.05) is 28.4 Å². The summed E-state index contributed by atoms with van der Waals surface area (Å²) < 4.78 is 6.36. The molecule has 202 valence electrons. The summed E-state index contributed by atoms with van der Waals surface area (Å²) in [5.74, 6) is 2.40. The lowest BCUT2D eigenvalue weighted by atomic mass is 10.1. The third-order valence-corrected chi connectivity index (χ3v) is 7.15. The van der Waals surface area contributed by atoms with Crippen LogP contribution in [0.4, 0.5) is 11.4 Å². The second-order valence-electron chi connectivity index (χ2n) is 10.00. The second-order valence-corrected chi connectivity index (χ2v) is 10.00. The fourth-order valence-electron chi connectivity index (χ4n) is 5.08. The molecule has 0 spiro atoms. The van der Waals surface area contributed by atoms with E-state index < -0.39 is 0 Å². The summed E-state index contributed by atoms with van der Waals surface area (Å²) in [5.41, 5.74) is 7.04. The van der Waals surface area contributed by atoms with Crippen LogP contribution >= 0.6 is 0 Å². The van der Waals surface area contributed by atoms with Crippen LogP contribution in [0.1, 0.15) is 5.56 Å². The fraction of sp³-hybridized carbons (Fsp3) is 0.0270. The number of rotatable bonds is 7. The maximum atomic E-state index is 6.36. The van der Waals surface area contributed by atoms with Crippen LogP contribution in [0.15, 0.2) is 163 Å². The van der Waals surface area contributed by atoms with Gasteiger partial charge in [-0.1, -0.05) is 103 Å². The summed E-state index contributed by atoms with van der Waals surface area (Å²) in [4.78, 5) is 7.14. The molecule has 0 unspecified atom stereocenters. The van der Waals surface area contributed by atoms with Gasteiger partial charge in [-0.3, -0.25) is 0 Å². The van der Waals surface area contributed by atoms with Crippen LogP contribution in [0.25, 0.3) is 22.5 Å². The molecular weight excluding hydrogens is 516 g/mol. The molecule has 5 heteroatoms. The molecule has 0 bridgehead atoms. The van der Waals surface area contributed by atoms with Gasteiger partial charge in [-0.05, 0) is 48.5 Å². The van der Waals surface area contributed by atoms with Crippen LogP contribution in [0, 0.1) is 0 Å². The number of anilines is 2. The first kappa shape index (κ1) is 25.3. The summed E-state index contributed by atoms with van der Waals surface area (Å²) in [5, 5.41) is 7.05. The Bertz CT molecular complexity index is 1840. The van der Waals surface area contributed by atoms with E-state index in [0.717, 1.165) is 56.8 Å². The number of nitrogens with zero attached hydrogens (tertiary/aromatic N) is 4. The smallest absolute Gasteiger partial charge is 0.162 e. The number of aromatic nitrogens is 1. The molecule has 0 saturated carbocycles. The highest BCUT2D eigenvalue weighted by atomic mass is 16.5. The predicted octanol–water partition coefficient (Wildman–Crippen LogP) is 8.85. The van der Waals surface area contributed by atoms with Crippen molar-refractivity contribution < 1.29 is 4.74 Å². The molecule has 0 atom stereocenters. The largest absolute Gasteiger partial charge is 0.457 e. The molecule has 0 aliphatic carbocycles. The molecular formula is C37H28N4O. The molecule has 2 heterocycles. The third kappa shape index (κ3) is 5.36. The Hall–Kier alpha value is -5.68. The van der Waals surface area contributed by atoms with Crippen molar-refractivity contribution in [1.82, 2.24) is 4.98 Å². The first-order valence-electron chi connectivity index (χ1n) is 14.0. The maximum absolute atomic E-state index is 6.36. The number of ether oxygens (including phenoxy) is 1. The highest BCUT2D eigenvalue weighted by Gasteiger charge is 2.26. The van der Waals surface area contributed by atoms with Gasteiger partial charge in [0.1, 0.15) is 18.2 Å². The summed E-state index contributed by atoms with van der Waals surface area (Å²) in [6.45, 7) is 0.594. The summed E-state index contributed by atoms with van der Waals surface area (Å²) in [7, 11) is 0. The van der Waals surface area contributed by atoms with E-state index in [4.69, 9.17) is 14.8 Å². The van der Waals surface area contributed by atoms with Crippen molar-refractivity contribution in [2.24, 2.45) is 5.10 Å². The number of hydrogen-bond acceptors (Lipinski definition) is 5. The van der Waals surface area contributed by atoms with Crippen LogP contribution in [-0.2, 0) is 0 Å². The minimum Gasteiger partial charge on any atom is -0.457 e. The van der Waals surface area contributed by atoms with Gasteiger partial charge in [0.15, 0.2) is 5.84 Å². The Balaban J connectivity index is 1.15. The van der Waals surface area contributed by atoms with E-state index in [1.807, 2.05) is 102 Å². The van der Waals surface area contributed by atoms with Crippen molar-refractivity contribution in [2.75, 3.05) is 16.6 Å². The molecule has 0 amide bonds. The van der Waals surface area contributed by atoms with E-state index in [2.05, 4.69) is 65.6 Å². The van der Waals surface area contributed by atoms with E-state index in [1.54, 1.807) is 0 Å². The van der Waals surface area contributed by atoms with Gasteiger partial charge in [0.25, 0.3) is 0 Å². The van der Waals surface area contributed by atoms with E-state index >= 15 is 0 Å². The average Bonchev–Trinajstić information content (AvgIpc) is 3.52. The molecule has 0 saturated heterocycles. The first-order chi connectivity index (χ1) is 20.8. The normalized spacial score (nSPS) is 12.7. The van der Waals surface area contributed by atoms with Crippen molar-refractivity contribution in [3.05, 3.63) is 163 Å². The van der Waals surface area contributed by atoms with Crippen LogP contribution < -0.4 is 14.6 Å². The minimum absolute atomic E-state index is 0.594. The Morgan fingerprint density at radius 1 is 0.476 bits per heavy atom. The number of hydrazone groups is 1. The molecule has 5 nitrogen and oxygen atoms in total. The van der Waals surface area contributed by atoms with Crippen LogP contribution in [0.5, 0.6) is 11.5 Å². The maximum Gasteiger partial charge on any atom is 0.162 e. The topological polar surface area (TPSA) is 41.0 Å². The fourth-order valence-corrected chi connectivity index (χ4v) is 5.08. The molecule has 0 fully saturated rings. The lowest BCUT2D eigenvalue weighted by Gasteiger charge is -2.22. The molecule has 7 rings (SSSR count). The number of para-hydroxylation sites is 1. The predicted molar refractivity (Wildman–Crippen MR) is 171 cm³/mol. The van der Waals surface area contributed by atoms with Gasteiger partial charge in [-0.2, -0.15) is 5.10 Å². The van der Waals surface area contributed by atoms with Crippen molar-refractivity contribution in [2.45, 2.75) is 0 Å². The molecule has 5 aromatic carbocycles. The SMILES string of the molecule is c1ccc(C2=NN(c3cccc(Oc4cccc(-c5cccc(-c6ccccc6)n5)c4)c3)CN2c2ccccc2)cc1. The van der Waals surface area contributed by atoms with E-state index in [0.29, 0.717) is 6.67 Å². The van der Waals surface area contributed by atoms with E-state index in [1.165, 1.54) is 0 Å². The van der Waals surface area contributed by atoms with Gasteiger partial charge >= 0.3 is 0 Å². The number of benzene rings is 5. The molecule has 0 radical (unpaired) electrons. The Labute approximate surface area is 245 Å². The minimum atomic E-state index is 0.594. The Morgan fingerprint density at radius 3 is 1.76 bits per heavy atom. The van der Waals surface area contributed by atoms with E-state index in [-0.39, 0.29) is 0 Å². The average molecular weight is 545 g/mol. The highest BCUT2D eigenvalue weighted by molar-refractivity contribution is 6.11. The Kier molecular flexibility index (Phi) is 6.89.